The van der Waals surface area contributed by atoms with Crippen molar-refractivity contribution < 1.29 is 22.6 Å². The fourth-order valence-corrected chi connectivity index (χ4v) is 5.83. The van der Waals surface area contributed by atoms with E-state index in [0.717, 1.165) is 50.2 Å². The summed E-state index contributed by atoms with van der Waals surface area (Å²) in [5, 5.41) is 0. The highest BCUT2D eigenvalue weighted by atomic mass is 19.4. The van der Waals surface area contributed by atoms with Crippen molar-refractivity contribution in [2.75, 3.05) is 39.3 Å². The molecule has 2 fully saturated rings. The molecule has 7 heteroatoms. The maximum atomic E-state index is 12.5. The Kier molecular flexibility index (Phi) is 7.02. The van der Waals surface area contributed by atoms with Crippen molar-refractivity contribution in [2.45, 2.75) is 56.8 Å². The van der Waals surface area contributed by atoms with Gasteiger partial charge in [0, 0.05) is 25.0 Å². The van der Waals surface area contributed by atoms with Crippen LogP contribution in [0.2, 0.25) is 0 Å². The summed E-state index contributed by atoms with van der Waals surface area (Å²) in [5.74, 6) is 0.857. The normalized spacial score (nSPS) is 23.4. The largest absolute Gasteiger partial charge is 0.573 e. The van der Waals surface area contributed by atoms with Crippen LogP contribution in [0.25, 0.3) is 0 Å². The third-order valence-electron chi connectivity index (χ3n) is 7.43. The molecule has 0 spiro atoms. The molecule has 3 aliphatic rings. The van der Waals surface area contributed by atoms with Crippen LogP contribution in [0.5, 0.6) is 11.5 Å². The van der Waals surface area contributed by atoms with E-state index in [1.807, 2.05) is 0 Å². The van der Waals surface area contributed by atoms with Gasteiger partial charge in [-0.1, -0.05) is 24.6 Å². The first kappa shape index (κ1) is 23.5. The highest BCUT2D eigenvalue weighted by Gasteiger charge is 2.37. The second-order valence-corrected chi connectivity index (χ2v) is 9.72. The molecule has 2 aromatic carbocycles. The van der Waals surface area contributed by atoms with Crippen LogP contribution in [0.15, 0.2) is 42.5 Å². The molecule has 34 heavy (non-hydrogen) atoms. The molecule has 0 aromatic heterocycles. The lowest BCUT2D eigenvalue weighted by molar-refractivity contribution is -0.274. The van der Waals surface area contributed by atoms with E-state index in [-0.39, 0.29) is 11.7 Å². The molecule has 184 valence electrons. The minimum atomic E-state index is -4.67. The van der Waals surface area contributed by atoms with Crippen LogP contribution in [0.4, 0.5) is 13.2 Å². The van der Waals surface area contributed by atoms with Crippen molar-refractivity contribution in [1.29, 1.82) is 0 Å². The van der Waals surface area contributed by atoms with E-state index in [1.165, 1.54) is 55.6 Å². The molecule has 3 aliphatic heterocycles. The molecule has 2 aromatic rings. The van der Waals surface area contributed by atoms with Gasteiger partial charge in [-0.15, -0.1) is 13.2 Å². The van der Waals surface area contributed by atoms with E-state index < -0.39 is 6.36 Å². The second kappa shape index (κ2) is 10.2. The fourth-order valence-electron chi connectivity index (χ4n) is 5.83. The zero-order valence-corrected chi connectivity index (χ0v) is 19.5. The van der Waals surface area contributed by atoms with Gasteiger partial charge in [-0.3, -0.25) is 4.90 Å². The van der Waals surface area contributed by atoms with Crippen LogP contribution < -0.4 is 9.47 Å². The van der Waals surface area contributed by atoms with E-state index in [2.05, 4.69) is 32.7 Å². The Morgan fingerprint density at radius 1 is 0.853 bits per heavy atom. The number of likely N-dealkylation sites (tertiary alicyclic amines) is 1. The average molecular weight is 475 g/mol. The number of hydrogen-bond acceptors (Lipinski definition) is 4. The highest BCUT2D eigenvalue weighted by Crippen LogP contribution is 2.45. The van der Waals surface area contributed by atoms with Crippen LogP contribution in [0, 0.1) is 0 Å². The molecule has 0 saturated carbocycles. The number of fused-ring (bicyclic) bond motifs is 3. The lowest BCUT2D eigenvalue weighted by Crippen LogP contribution is -2.34. The molecule has 3 heterocycles. The van der Waals surface area contributed by atoms with Gasteiger partial charge in [0.25, 0.3) is 0 Å². The fraction of sp³-hybridized carbons (Fsp3) is 0.556. The van der Waals surface area contributed by atoms with E-state index >= 15 is 0 Å². The van der Waals surface area contributed by atoms with Gasteiger partial charge in [0.15, 0.2) is 0 Å². The van der Waals surface area contributed by atoms with Crippen LogP contribution in [-0.4, -0.2) is 55.5 Å². The number of nitrogens with zero attached hydrogens (tertiary/aromatic N) is 2. The number of hydrogen-bond donors (Lipinski definition) is 0. The summed E-state index contributed by atoms with van der Waals surface area (Å²) in [6.45, 7) is 6.16. The SMILES string of the molecule is FC(F)(F)Oc1ccc([C@H]2CN3CCC[C@@H]3c3cc(OCCCN4CCCCC4)ccc32)cc1. The predicted octanol–water partition coefficient (Wildman–Crippen LogP) is 6.12. The Bertz CT molecular complexity index is 957. The van der Waals surface area contributed by atoms with Crippen LogP contribution in [0.1, 0.15) is 67.2 Å². The standard InChI is InChI=1S/C27H33F3N2O2/c28-27(29,30)34-21-9-7-20(8-10-21)25-19-32-16-4-6-26(32)24-18-22(11-12-23(24)25)33-17-5-15-31-13-2-1-3-14-31/h7-12,18,25-26H,1-6,13-17,19H2/t25-,26-/m1/s1. The van der Waals surface area contributed by atoms with E-state index in [4.69, 9.17) is 4.74 Å². The van der Waals surface area contributed by atoms with Crippen LogP contribution in [-0.2, 0) is 0 Å². The number of alkyl halides is 3. The topological polar surface area (TPSA) is 24.9 Å². The number of benzene rings is 2. The lowest BCUT2D eigenvalue weighted by Gasteiger charge is -2.37. The maximum Gasteiger partial charge on any atom is 0.573 e. The monoisotopic (exact) mass is 474 g/mol. The summed E-state index contributed by atoms with van der Waals surface area (Å²) in [4.78, 5) is 5.04. The van der Waals surface area contributed by atoms with E-state index in [1.54, 1.807) is 12.1 Å². The molecule has 2 atom stereocenters. The zero-order chi connectivity index (χ0) is 23.5. The predicted molar refractivity (Wildman–Crippen MR) is 125 cm³/mol. The first-order chi connectivity index (χ1) is 16.5. The Labute approximate surface area is 199 Å². The van der Waals surface area contributed by atoms with Crippen molar-refractivity contribution in [1.82, 2.24) is 9.80 Å². The van der Waals surface area contributed by atoms with Gasteiger partial charge in [-0.25, -0.2) is 0 Å². The van der Waals surface area contributed by atoms with Crippen molar-refractivity contribution in [3.8, 4) is 11.5 Å². The van der Waals surface area contributed by atoms with Gasteiger partial charge in [-0.05, 0) is 92.7 Å². The molecule has 0 N–H and O–H groups in total. The summed E-state index contributed by atoms with van der Waals surface area (Å²) in [6, 6.07) is 13.2. The molecule has 0 aliphatic carbocycles. The first-order valence-corrected chi connectivity index (χ1v) is 12.5. The summed E-state index contributed by atoms with van der Waals surface area (Å²) in [7, 11) is 0. The molecule has 2 saturated heterocycles. The van der Waals surface area contributed by atoms with Gasteiger partial charge in [0.05, 0.1) is 6.61 Å². The van der Waals surface area contributed by atoms with E-state index in [9.17, 15) is 13.2 Å². The number of piperidine rings is 1. The molecule has 0 amide bonds. The molecular formula is C27H33F3N2O2. The smallest absolute Gasteiger partial charge is 0.494 e. The Hall–Kier alpha value is -2.25. The molecule has 4 nitrogen and oxygen atoms in total. The Balaban J connectivity index is 1.28. The Morgan fingerprint density at radius 2 is 1.62 bits per heavy atom. The summed E-state index contributed by atoms with van der Waals surface area (Å²) >= 11 is 0. The molecule has 0 bridgehead atoms. The highest BCUT2D eigenvalue weighted by molar-refractivity contribution is 5.47. The number of halogens is 3. The minimum Gasteiger partial charge on any atom is -0.494 e. The lowest BCUT2D eigenvalue weighted by atomic mass is 9.81. The van der Waals surface area contributed by atoms with Crippen LogP contribution in [0.3, 0.4) is 0 Å². The summed E-state index contributed by atoms with van der Waals surface area (Å²) in [6.07, 6.45) is 2.62. The second-order valence-electron chi connectivity index (χ2n) is 9.72. The first-order valence-electron chi connectivity index (χ1n) is 12.5. The molecule has 0 radical (unpaired) electrons. The molecule has 0 unspecified atom stereocenters. The maximum absolute atomic E-state index is 12.5. The van der Waals surface area contributed by atoms with Gasteiger partial charge >= 0.3 is 6.36 Å². The van der Waals surface area contributed by atoms with Gasteiger partial charge in [-0.2, -0.15) is 0 Å². The van der Waals surface area contributed by atoms with Crippen molar-refractivity contribution in [3.05, 3.63) is 59.2 Å². The average Bonchev–Trinajstić information content (AvgIpc) is 3.31. The Morgan fingerprint density at radius 3 is 2.38 bits per heavy atom. The summed E-state index contributed by atoms with van der Waals surface area (Å²) in [5.41, 5.74) is 3.57. The van der Waals surface area contributed by atoms with Gasteiger partial charge < -0.3 is 14.4 Å². The van der Waals surface area contributed by atoms with Crippen molar-refractivity contribution >= 4 is 0 Å². The molecule has 5 rings (SSSR count). The quantitative estimate of drug-likeness (QED) is 0.451. The van der Waals surface area contributed by atoms with Gasteiger partial charge in [0.1, 0.15) is 11.5 Å². The third kappa shape index (κ3) is 5.52. The number of rotatable bonds is 7. The van der Waals surface area contributed by atoms with Gasteiger partial charge in [0.2, 0.25) is 0 Å². The van der Waals surface area contributed by atoms with Crippen molar-refractivity contribution in [2.24, 2.45) is 0 Å². The molecular weight excluding hydrogens is 441 g/mol. The minimum absolute atomic E-state index is 0.123. The van der Waals surface area contributed by atoms with Crippen LogP contribution >= 0.6 is 0 Å². The third-order valence-corrected chi connectivity index (χ3v) is 7.43. The zero-order valence-electron chi connectivity index (χ0n) is 19.5. The summed E-state index contributed by atoms with van der Waals surface area (Å²) < 4.78 is 47.8. The van der Waals surface area contributed by atoms with E-state index in [0.29, 0.717) is 12.6 Å². The van der Waals surface area contributed by atoms with Crippen molar-refractivity contribution in [3.63, 3.8) is 0 Å². The number of ether oxygens (including phenoxy) is 2.